The van der Waals surface area contributed by atoms with Crippen molar-refractivity contribution >= 4 is 33.3 Å². The fourth-order valence-electron chi connectivity index (χ4n) is 1.89. The van der Waals surface area contributed by atoms with E-state index in [9.17, 15) is 0 Å². The van der Waals surface area contributed by atoms with Crippen LogP contribution in [0.15, 0.2) is 41.0 Å². The highest BCUT2D eigenvalue weighted by atomic mass is 79.9. The van der Waals surface area contributed by atoms with E-state index in [1.165, 1.54) is 6.20 Å². The number of aromatic nitrogens is 1. The van der Waals surface area contributed by atoms with Gasteiger partial charge in [-0.25, -0.2) is 4.98 Å². The number of nitrogen functional groups attached to an aromatic ring is 1. The van der Waals surface area contributed by atoms with Gasteiger partial charge in [-0.05, 0) is 24.1 Å². The fraction of sp³-hybridized carbons (Fsp3) is 0.154. The van der Waals surface area contributed by atoms with Crippen LogP contribution in [0.5, 0.6) is 0 Å². The van der Waals surface area contributed by atoms with Gasteiger partial charge in [0.15, 0.2) is 0 Å². The highest BCUT2D eigenvalue weighted by Gasteiger charge is 2.16. The van der Waals surface area contributed by atoms with E-state index in [4.69, 9.17) is 23.2 Å². The Balaban J connectivity index is 2.30. The van der Waals surface area contributed by atoms with Gasteiger partial charge >= 0.3 is 0 Å². The minimum absolute atomic E-state index is 0.148. The largest absolute Gasteiger partial charge is 0.383 e. The van der Waals surface area contributed by atoms with Crippen LogP contribution in [-0.4, -0.2) is 4.98 Å². The topological polar surface area (TPSA) is 77.0 Å². The zero-order valence-electron chi connectivity index (χ0n) is 10.1. The van der Waals surface area contributed by atoms with Crippen molar-refractivity contribution in [3.05, 3.63) is 57.2 Å². The Labute approximate surface area is 125 Å². The van der Waals surface area contributed by atoms with Crippen molar-refractivity contribution in [2.45, 2.75) is 12.5 Å². The first-order valence-electron chi connectivity index (χ1n) is 5.72. The van der Waals surface area contributed by atoms with E-state index >= 15 is 0 Å². The highest BCUT2D eigenvalue weighted by Crippen LogP contribution is 2.27. The maximum absolute atomic E-state index is 5.96. The summed E-state index contributed by atoms with van der Waals surface area (Å²) in [5.41, 5.74) is 10.6. The van der Waals surface area contributed by atoms with Gasteiger partial charge < -0.3 is 5.73 Å². The van der Waals surface area contributed by atoms with Crippen LogP contribution in [0.25, 0.3) is 0 Å². The molecule has 19 heavy (non-hydrogen) atoms. The summed E-state index contributed by atoms with van der Waals surface area (Å²) < 4.78 is 1.03. The van der Waals surface area contributed by atoms with E-state index in [-0.39, 0.29) is 6.04 Å². The molecule has 0 saturated heterocycles. The molecule has 4 nitrogen and oxygen atoms in total. The number of nitrogens with one attached hydrogen (secondary N) is 1. The number of halogens is 2. The predicted octanol–water partition coefficient (Wildman–Crippen LogP) is 2.83. The molecular weight excluding hydrogens is 328 g/mol. The summed E-state index contributed by atoms with van der Waals surface area (Å²) in [5, 5.41) is 0.538. The molecule has 0 saturated carbocycles. The number of hydrogen-bond acceptors (Lipinski definition) is 4. The number of benzene rings is 1. The van der Waals surface area contributed by atoms with Gasteiger partial charge in [0.1, 0.15) is 5.82 Å². The third-order valence-electron chi connectivity index (χ3n) is 2.87. The third-order valence-corrected chi connectivity index (χ3v) is 3.85. The lowest BCUT2D eigenvalue weighted by Crippen LogP contribution is -2.30. The zero-order valence-corrected chi connectivity index (χ0v) is 12.4. The minimum atomic E-state index is -0.148. The van der Waals surface area contributed by atoms with Gasteiger partial charge in [-0.2, -0.15) is 0 Å². The monoisotopic (exact) mass is 340 g/mol. The Morgan fingerprint density at radius 3 is 2.79 bits per heavy atom. The van der Waals surface area contributed by atoms with Gasteiger partial charge in [0.2, 0.25) is 0 Å². The molecule has 1 aromatic carbocycles. The normalized spacial score (nSPS) is 12.4. The van der Waals surface area contributed by atoms with E-state index < -0.39 is 0 Å². The summed E-state index contributed by atoms with van der Waals surface area (Å²) in [7, 11) is 0. The van der Waals surface area contributed by atoms with E-state index in [0.29, 0.717) is 17.3 Å². The summed E-state index contributed by atoms with van der Waals surface area (Å²) >= 11 is 9.47. The quantitative estimate of drug-likeness (QED) is 0.590. The molecule has 5 N–H and O–H groups in total. The van der Waals surface area contributed by atoms with Gasteiger partial charge in [-0.15, -0.1) is 0 Å². The Bertz CT molecular complexity index is 576. The molecule has 1 aromatic heterocycles. The Morgan fingerprint density at radius 2 is 2.11 bits per heavy atom. The second-order valence-electron chi connectivity index (χ2n) is 4.14. The van der Waals surface area contributed by atoms with E-state index in [1.54, 1.807) is 6.07 Å². The van der Waals surface area contributed by atoms with Gasteiger partial charge in [0.05, 0.1) is 11.1 Å². The maximum atomic E-state index is 5.96. The van der Waals surface area contributed by atoms with Crippen LogP contribution < -0.4 is 17.0 Å². The first kappa shape index (κ1) is 14.3. The fourth-order valence-corrected chi connectivity index (χ4v) is 2.50. The lowest BCUT2D eigenvalue weighted by Gasteiger charge is -2.18. The number of hydrogen-bond donors (Lipinski definition) is 3. The average molecular weight is 342 g/mol. The second kappa shape index (κ2) is 6.34. The molecular formula is C13H14BrClN4. The average Bonchev–Trinajstić information content (AvgIpc) is 2.41. The Morgan fingerprint density at radius 1 is 1.37 bits per heavy atom. The molecule has 0 aliphatic carbocycles. The molecule has 100 valence electrons. The van der Waals surface area contributed by atoms with Crippen LogP contribution in [0.2, 0.25) is 5.02 Å². The van der Waals surface area contributed by atoms with E-state index in [0.717, 1.165) is 15.6 Å². The number of anilines is 1. The number of pyridine rings is 1. The lowest BCUT2D eigenvalue weighted by molar-refractivity contribution is 0.551. The standard InChI is InChI=1S/C13H14BrClN4/c14-11-4-2-1-3-8(11)5-12(19-17)10-6-9(15)7-18-13(10)16/h1-4,6-7,12,19H,5,17H2,(H2,16,18). The van der Waals surface area contributed by atoms with Crippen LogP contribution in [0.3, 0.4) is 0 Å². The number of rotatable bonds is 4. The first-order valence-corrected chi connectivity index (χ1v) is 6.89. The Hall–Kier alpha value is -1.14. The van der Waals surface area contributed by atoms with Crippen molar-refractivity contribution in [3.8, 4) is 0 Å². The summed E-state index contributed by atoms with van der Waals surface area (Å²) in [6, 6.07) is 9.60. The molecule has 1 unspecified atom stereocenters. The molecule has 0 aliphatic rings. The first-order chi connectivity index (χ1) is 9.11. The summed E-state index contributed by atoms with van der Waals surface area (Å²) in [5.74, 6) is 6.06. The molecule has 2 rings (SSSR count). The molecule has 6 heteroatoms. The van der Waals surface area contributed by atoms with Crippen molar-refractivity contribution in [2.24, 2.45) is 5.84 Å². The van der Waals surface area contributed by atoms with Gasteiger partial charge in [-0.1, -0.05) is 45.7 Å². The molecule has 0 fully saturated rings. The van der Waals surface area contributed by atoms with Crippen LogP contribution in [-0.2, 0) is 6.42 Å². The van der Waals surface area contributed by atoms with Crippen LogP contribution in [0.1, 0.15) is 17.2 Å². The van der Waals surface area contributed by atoms with Crippen molar-refractivity contribution in [1.82, 2.24) is 10.4 Å². The van der Waals surface area contributed by atoms with Crippen molar-refractivity contribution < 1.29 is 0 Å². The summed E-state index contributed by atoms with van der Waals surface area (Å²) in [4.78, 5) is 4.05. The maximum Gasteiger partial charge on any atom is 0.128 e. The predicted molar refractivity (Wildman–Crippen MR) is 81.6 cm³/mol. The van der Waals surface area contributed by atoms with Crippen LogP contribution in [0.4, 0.5) is 5.82 Å². The summed E-state index contributed by atoms with van der Waals surface area (Å²) in [6.45, 7) is 0. The van der Waals surface area contributed by atoms with Gasteiger partial charge in [0, 0.05) is 16.2 Å². The molecule has 0 bridgehead atoms. The molecule has 2 aromatic rings. The highest BCUT2D eigenvalue weighted by molar-refractivity contribution is 9.10. The second-order valence-corrected chi connectivity index (χ2v) is 5.43. The molecule has 0 amide bonds. The van der Waals surface area contributed by atoms with Crippen molar-refractivity contribution in [1.29, 1.82) is 0 Å². The Kier molecular flexibility index (Phi) is 4.76. The zero-order chi connectivity index (χ0) is 13.8. The molecule has 0 aliphatic heterocycles. The number of hydrazine groups is 1. The van der Waals surface area contributed by atoms with Gasteiger partial charge in [0.25, 0.3) is 0 Å². The van der Waals surface area contributed by atoms with E-state index in [2.05, 4.69) is 26.3 Å². The summed E-state index contributed by atoms with van der Waals surface area (Å²) in [6.07, 6.45) is 2.20. The molecule has 0 spiro atoms. The molecule has 1 atom stereocenters. The van der Waals surface area contributed by atoms with Crippen molar-refractivity contribution in [3.63, 3.8) is 0 Å². The van der Waals surface area contributed by atoms with Crippen LogP contribution in [0, 0.1) is 0 Å². The van der Waals surface area contributed by atoms with Gasteiger partial charge in [-0.3, -0.25) is 11.3 Å². The smallest absolute Gasteiger partial charge is 0.128 e. The SMILES string of the molecule is NNC(Cc1ccccc1Br)c1cc(Cl)cnc1N. The number of nitrogens with two attached hydrogens (primary N) is 2. The molecule has 1 heterocycles. The third kappa shape index (κ3) is 3.45. The van der Waals surface area contributed by atoms with Crippen LogP contribution >= 0.6 is 27.5 Å². The lowest BCUT2D eigenvalue weighted by atomic mass is 10.00. The van der Waals surface area contributed by atoms with E-state index in [1.807, 2.05) is 24.3 Å². The number of nitrogens with zero attached hydrogens (tertiary/aromatic N) is 1. The minimum Gasteiger partial charge on any atom is -0.383 e. The molecule has 0 radical (unpaired) electrons. The van der Waals surface area contributed by atoms with Crippen molar-refractivity contribution in [2.75, 3.05) is 5.73 Å².